The van der Waals surface area contributed by atoms with Crippen LogP contribution in [0, 0.1) is 0 Å². The van der Waals surface area contributed by atoms with Crippen LogP contribution >= 0.6 is 0 Å². The Labute approximate surface area is 178 Å². The Kier molecular flexibility index (Phi) is 6.85. The number of amides is 1. The van der Waals surface area contributed by atoms with Crippen LogP contribution in [0.3, 0.4) is 0 Å². The summed E-state index contributed by atoms with van der Waals surface area (Å²) in [4.78, 5) is 17.9. The largest absolute Gasteiger partial charge is 0.417 e. The third kappa shape index (κ3) is 5.73. The first-order valence-corrected chi connectivity index (χ1v) is 11.2. The van der Waals surface area contributed by atoms with Crippen molar-refractivity contribution < 1.29 is 26.4 Å². The lowest BCUT2D eigenvalue weighted by Gasteiger charge is -2.33. The van der Waals surface area contributed by atoms with E-state index in [0.717, 1.165) is 18.0 Å². The fourth-order valence-corrected chi connectivity index (χ4v) is 4.84. The van der Waals surface area contributed by atoms with Crippen molar-refractivity contribution in [1.29, 1.82) is 0 Å². The van der Waals surface area contributed by atoms with Crippen molar-refractivity contribution in [3.63, 3.8) is 0 Å². The van der Waals surface area contributed by atoms with Crippen molar-refractivity contribution >= 4 is 21.7 Å². The molecule has 0 aliphatic carbocycles. The topological polar surface area (TPSA) is 91.4 Å². The molecule has 2 heterocycles. The fourth-order valence-electron chi connectivity index (χ4n) is 3.40. The van der Waals surface area contributed by atoms with Gasteiger partial charge < -0.3 is 10.2 Å². The summed E-state index contributed by atoms with van der Waals surface area (Å²) >= 11 is 0. The number of carbonyl (C=O) groups is 1. The zero-order valence-corrected chi connectivity index (χ0v) is 17.6. The number of nitrogens with zero attached hydrogens (tertiary/aromatic N) is 2. The summed E-state index contributed by atoms with van der Waals surface area (Å²) in [6, 6.07) is 8.07. The molecule has 1 fully saturated rings. The molecule has 1 saturated heterocycles. The molecular weight excluding hydrogens is 433 g/mol. The summed E-state index contributed by atoms with van der Waals surface area (Å²) in [7, 11) is -4.55. The number of halogens is 3. The van der Waals surface area contributed by atoms with Crippen LogP contribution in [-0.4, -0.2) is 44.5 Å². The highest BCUT2D eigenvalue weighted by molar-refractivity contribution is 7.89. The standard InChI is InChI=1S/C20H23F3N4O3S/c1-14(26-31(29,30)17-7-3-2-6-16(17)20(21,22)23)19(28)25-15-9-12-27(13-10-15)18-8-4-5-11-24-18/h2-8,11,14-15,26H,9-10,12-13H2,1H3,(H,25,28)/t14-/m0/s1. The number of carbonyl (C=O) groups excluding carboxylic acids is 1. The number of pyridine rings is 1. The van der Waals surface area contributed by atoms with Crippen molar-refractivity contribution in [2.45, 2.75) is 42.9 Å². The Morgan fingerprint density at radius 1 is 1.13 bits per heavy atom. The summed E-state index contributed by atoms with van der Waals surface area (Å²) in [6.07, 6.45) is -1.86. The van der Waals surface area contributed by atoms with E-state index in [-0.39, 0.29) is 6.04 Å². The van der Waals surface area contributed by atoms with Crippen molar-refractivity contribution in [2.24, 2.45) is 0 Å². The normalized spacial score (nSPS) is 16.7. The van der Waals surface area contributed by atoms with Crippen LogP contribution in [0.5, 0.6) is 0 Å². The van der Waals surface area contributed by atoms with E-state index >= 15 is 0 Å². The van der Waals surface area contributed by atoms with Gasteiger partial charge in [0.1, 0.15) is 5.82 Å². The number of piperidine rings is 1. The van der Waals surface area contributed by atoms with Crippen LogP contribution in [0.15, 0.2) is 53.6 Å². The Morgan fingerprint density at radius 3 is 2.39 bits per heavy atom. The van der Waals surface area contributed by atoms with E-state index in [4.69, 9.17) is 0 Å². The van der Waals surface area contributed by atoms with Gasteiger partial charge in [0.05, 0.1) is 16.5 Å². The molecule has 1 aliphatic heterocycles. The van der Waals surface area contributed by atoms with E-state index in [9.17, 15) is 26.4 Å². The molecule has 168 valence electrons. The van der Waals surface area contributed by atoms with E-state index < -0.39 is 38.6 Å². The second kappa shape index (κ2) is 9.23. The lowest BCUT2D eigenvalue weighted by molar-refractivity contribution is -0.139. The summed E-state index contributed by atoms with van der Waals surface area (Å²) in [5, 5.41) is 2.77. The zero-order chi connectivity index (χ0) is 22.6. The van der Waals surface area contributed by atoms with Gasteiger partial charge in [0.2, 0.25) is 15.9 Å². The highest BCUT2D eigenvalue weighted by Crippen LogP contribution is 2.33. The van der Waals surface area contributed by atoms with Crippen LogP contribution in [0.4, 0.5) is 19.0 Å². The molecule has 0 saturated carbocycles. The van der Waals surface area contributed by atoms with Crippen LogP contribution in [0.1, 0.15) is 25.3 Å². The molecule has 31 heavy (non-hydrogen) atoms. The summed E-state index contributed by atoms with van der Waals surface area (Å²) in [6.45, 7) is 2.63. The smallest absolute Gasteiger partial charge is 0.356 e. The lowest BCUT2D eigenvalue weighted by atomic mass is 10.0. The Balaban J connectivity index is 1.59. The molecule has 0 unspecified atom stereocenters. The molecule has 1 amide bonds. The van der Waals surface area contributed by atoms with E-state index in [0.29, 0.717) is 32.0 Å². The summed E-state index contributed by atoms with van der Waals surface area (Å²) in [5.41, 5.74) is -1.28. The van der Waals surface area contributed by atoms with Gasteiger partial charge in [-0.1, -0.05) is 18.2 Å². The minimum atomic E-state index is -4.83. The molecule has 1 aromatic heterocycles. The third-order valence-electron chi connectivity index (χ3n) is 5.02. The van der Waals surface area contributed by atoms with E-state index in [2.05, 4.69) is 15.2 Å². The molecule has 1 aromatic carbocycles. The van der Waals surface area contributed by atoms with Gasteiger partial charge in [-0.3, -0.25) is 4.79 Å². The number of rotatable bonds is 6. The van der Waals surface area contributed by atoms with Crippen molar-refractivity contribution in [3.8, 4) is 0 Å². The fraction of sp³-hybridized carbons (Fsp3) is 0.400. The molecule has 1 aliphatic rings. The van der Waals surface area contributed by atoms with Gasteiger partial charge in [0.15, 0.2) is 0 Å². The average molecular weight is 456 g/mol. The Bertz CT molecular complexity index is 1010. The molecular formula is C20H23F3N4O3S. The number of nitrogens with one attached hydrogen (secondary N) is 2. The van der Waals surface area contributed by atoms with Crippen LogP contribution in [0.25, 0.3) is 0 Å². The number of benzene rings is 1. The van der Waals surface area contributed by atoms with E-state index in [1.54, 1.807) is 6.20 Å². The van der Waals surface area contributed by atoms with Crippen molar-refractivity contribution in [3.05, 3.63) is 54.2 Å². The predicted molar refractivity (Wildman–Crippen MR) is 109 cm³/mol. The molecule has 0 spiro atoms. The number of anilines is 1. The second-order valence-corrected chi connectivity index (χ2v) is 8.98. The maximum atomic E-state index is 13.2. The van der Waals surface area contributed by atoms with Gasteiger partial charge in [-0.05, 0) is 44.0 Å². The summed E-state index contributed by atoms with van der Waals surface area (Å²) < 4.78 is 66.5. The molecule has 0 bridgehead atoms. The molecule has 1 atom stereocenters. The molecule has 0 radical (unpaired) electrons. The van der Waals surface area contributed by atoms with Gasteiger partial charge in [0, 0.05) is 25.3 Å². The van der Waals surface area contributed by atoms with Gasteiger partial charge >= 0.3 is 6.18 Å². The van der Waals surface area contributed by atoms with Crippen LogP contribution < -0.4 is 14.9 Å². The first kappa shape index (κ1) is 23.0. The second-order valence-electron chi connectivity index (χ2n) is 7.29. The Hall–Kier alpha value is -2.66. The highest BCUT2D eigenvalue weighted by Gasteiger charge is 2.37. The molecule has 11 heteroatoms. The SMILES string of the molecule is C[C@H](NS(=O)(=O)c1ccccc1C(F)(F)F)C(=O)NC1CCN(c2ccccn2)CC1. The van der Waals surface area contributed by atoms with Gasteiger partial charge in [-0.25, -0.2) is 13.4 Å². The number of hydrogen-bond donors (Lipinski definition) is 2. The third-order valence-corrected chi connectivity index (χ3v) is 6.62. The Morgan fingerprint density at radius 2 is 1.77 bits per heavy atom. The number of hydrogen-bond acceptors (Lipinski definition) is 5. The minimum Gasteiger partial charge on any atom is -0.356 e. The quantitative estimate of drug-likeness (QED) is 0.697. The number of sulfonamides is 1. The maximum Gasteiger partial charge on any atom is 0.417 e. The molecule has 2 aromatic rings. The van der Waals surface area contributed by atoms with Crippen molar-refractivity contribution in [1.82, 2.24) is 15.0 Å². The zero-order valence-electron chi connectivity index (χ0n) is 16.8. The van der Waals surface area contributed by atoms with Gasteiger partial charge in [-0.2, -0.15) is 17.9 Å². The lowest BCUT2D eigenvalue weighted by Crippen LogP contribution is -2.51. The highest BCUT2D eigenvalue weighted by atomic mass is 32.2. The van der Waals surface area contributed by atoms with Gasteiger partial charge in [0.25, 0.3) is 0 Å². The van der Waals surface area contributed by atoms with E-state index in [1.165, 1.54) is 13.0 Å². The van der Waals surface area contributed by atoms with E-state index in [1.807, 2.05) is 22.9 Å². The van der Waals surface area contributed by atoms with Gasteiger partial charge in [-0.15, -0.1) is 0 Å². The molecule has 3 rings (SSSR count). The maximum absolute atomic E-state index is 13.2. The minimum absolute atomic E-state index is 0.165. The average Bonchev–Trinajstić information content (AvgIpc) is 2.74. The van der Waals surface area contributed by atoms with Crippen LogP contribution in [0.2, 0.25) is 0 Å². The predicted octanol–water partition coefficient (Wildman–Crippen LogP) is 2.55. The first-order valence-electron chi connectivity index (χ1n) is 9.73. The molecule has 7 nitrogen and oxygen atoms in total. The number of alkyl halides is 3. The monoisotopic (exact) mass is 456 g/mol. The van der Waals surface area contributed by atoms with Crippen molar-refractivity contribution in [2.75, 3.05) is 18.0 Å². The van der Waals surface area contributed by atoms with Crippen LogP contribution in [-0.2, 0) is 21.0 Å². The number of aromatic nitrogens is 1. The summed E-state index contributed by atoms with van der Waals surface area (Å²) in [5.74, 6) is 0.251. The molecule has 2 N–H and O–H groups in total. The first-order chi connectivity index (χ1) is 14.6.